The first-order valence-corrected chi connectivity index (χ1v) is 8.01. The summed E-state index contributed by atoms with van der Waals surface area (Å²) in [7, 11) is -3.97. The average Bonchev–Trinajstić information content (AvgIpc) is 2.38. The molecule has 0 saturated carbocycles. The second kappa shape index (κ2) is 5.85. The van der Waals surface area contributed by atoms with Gasteiger partial charge < -0.3 is 4.18 Å². The normalized spacial score (nSPS) is 11.7. The molecule has 0 saturated heterocycles. The summed E-state index contributed by atoms with van der Waals surface area (Å²) >= 11 is 0. The molecule has 112 valence electrons. The van der Waals surface area contributed by atoms with Crippen LogP contribution < -0.4 is 4.18 Å². The van der Waals surface area contributed by atoms with Crippen LogP contribution in [0.4, 0.5) is 4.39 Å². The predicted octanol–water partition coefficient (Wildman–Crippen LogP) is 4.03. The molecule has 3 nitrogen and oxygen atoms in total. The highest BCUT2D eigenvalue weighted by atomic mass is 32.2. The van der Waals surface area contributed by atoms with Crippen LogP contribution in [0, 0.1) is 12.7 Å². The van der Waals surface area contributed by atoms with E-state index in [0.717, 1.165) is 23.3 Å². The molecule has 5 heteroatoms. The smallest absolute Gasteiger partial charge is 0.339 e. The molecule has 0 heterocycles. The summed E-state index contributed by atoms with van der Waals surface area (Å²) in [6.45, 7) is 5.78. The van der Waals surface area contributed by atoms with Crippen LogP contribution >= 0.6 is 0 Å². The second-order valence-electron chi connectivity index (χ2n) is 5.19. The number of hydrogen-bond donors (Lipinski definition) is 0. The third-order valence-corrected chi connectivity index (χ3v) is 4.34. The van der Waals surface area contributed by atoms with Crippen LogP contribution in [0.5, 0.6) is 5.75 Å². The Kier molecular flexibility index (Phi) is 4.32. The van der Waals surface area contributed by atoms with E-state index in [1.807, 2.05) is 32.9 Å². The van der Waals surface area contributed by atoms with Crippen LogP contribution in [-0.4, -0.2) is 8.42 Å². The van der Waals surface area contributed by atoms with E-state index < -0.39 is 15.9 Å². The summed E-state index contributed by atoms with van der Waals surface area (Å²) in [5, 5.41) is 0. The maximum Gasteiger partial charge on any atom is 0.339 e. The van der Waals surface area contributed by atoms with Gasteiger partial charge in [0.05, 0.1) is 0 Å². The second-order valence-corrected chi connectivity index (χ2v) is 6.73. The lowest BCUT2D eigenvalue weighted by Gasteiger charge is -2.14. The monoisotopic (exact) mass is 308 g/mol. The Morgan fingerprint density at radius 3 is 2.24 bits per heavy atom. The topological polar surface area (TPSA) is 43.4 Å². The van der Waals surface area contributed by atoms with Gasteiger partial charge in [-0.05, 0) is 54.3 Å². The first-order valence-electron chi connectivity index (χ1n) is 6.60. The van der Waals surface area contributed by atoms with E-state index in [1.165, 1.54) is 12.1 Å². The third-order valence-electron chi connectivity index (χ3n) is 3.09. The average molecular weight is 308 g/mol. The van der Waals surface area contributed by atoms with Gasteiger partial charge in [0.1, 0.15) is 16.5 Å². The van der Waals surface area contributed by atoms with E-state index >= 15 is 0 Å². The highest BCUT2D eigenvalue weighted by Crippen LogP contribution is 2.30. The van der Waals surface area contributed by atoms with E-state index in [0.29, 0.717) is 5.75 Å². The van der Waals surface area contributed by atoms with E-state index in [-0.39, 0.29) is 10.8 Å². The Morgan fingerprint density at radius 1 is 1.05 bits per heavy atom. The van der Waals surface area contributed by atoms with E-state index in [2.05, 4.69) is 0 Å². The van der Waals surface area contributed by atoms with Gasteiger partial charge in [-0.2, -0.15) is 8.42 Å². The highest BCUT2D eigenvalue weighted by molar-refractivity contribution is 7.87. The van der Waals surface area contributed by atoms with Gasteiger partial charge in [0.25, 0.3) is 0 Å². The zero-order chi connectivity index (χ0) is 15.6. The SMILES string of the molecule is Cc1ccc(C(C)C)c(OS(=O)(=O)c2ccc(F)cc2)c1. The highest BCUT2D eigenvalue weighted by Gasteiger charge is 2.19. The van der Waals surface area contributed by atoms with Crippen molar-refractivity contribution in [1.82, 2.24) is 0 Å². The van der Waals surface area contributed by atoms with Crippen LogP contribution in [0.3, 0.4) is 0 Å². The molecule has 0 radical (unpaired) electrons. The van der Waals surface area contributed by atoms with Crippen molar-refractivity contribution in [3.05, 3.63) is 59.4 Å². The zero-order valence-electron chi connectivity index (χ0n) is 12.1. The van der Waals surface area contributed by atoms with Crippen molar-refractivity contribution in [3.63, 3.8) is 0 Å². The van der Waals surface area contributed by atoms with Gasteiger partial charge >= 0.3 is 10.1 Å². The van der Waals surface area contributed by atoms with Crippen molar-refractivity contribution in [2.75, 3.05) is 0 Å². The van der Waals surface area contributed by atoms with Crippen LogP contribution in [-0.2, 0) is 10.1 Å². The molecular formula is C16H17FO3S. The maximum atomic E-state index is 12.9. The van der Waals surface area contributed by atoms with Crippen molar-refractivity contribution in [2.45, 2.75) is 31.6 Å². The first-order chi connectivity index (χ1) is 9.79. The fourth-order valence-corrected chi connectivity index (χ4v) is 2.90. The first kappa shape index (κ1) is 15.5. The molecule has 2 rings (SSSR count). The Labute approximate surface area is 124 Å². The van der Waals surface area contributed by atoms with E-state index in [4.69, 9.17) is 4.18 Å². The van der Waals surface area contributed by atoms with Gasteiger partial charge in [-0.15, -0.1) is 0 Å². The standard InChI is InChI=1S/C16H17FO3S/c1-11(2)15-9-4-12(3)10-16(15)20-21(18,19)14-7-5-13(17)6-8-14/h4-11H,1-3H3. The van der Waals surface area contributed by atoms with Gasteiger partial charge in [-0.25, -0.2) is 4.39 Å². The molecule has 0 aliphatic carbocycles. The van der Waals surface area contributed by atoms with Crippen molar-refractivity contribution in [1.29, 1.82) is 0 Å². The number of hydrogen-bond acceptors (Lipinski definition) is 3. The minimum absolute atomic E-state index is 0.0693. The number of halogens is 1. The number of benzene rings is 2. The summed E-state index contributed by atoms with van der Waals surface area (Å²) in [4.78, 5) is -0.0693. The van der Waals surface area contributed by atoms with Crippen molar-refractivity contribution < 1.29 is 17.0 Å². The van der Waals surface area contributed by atoms with Crippen LogP contribution in [0.2, 0.25) is 0 Å². The summed E-state index contributed by atoms with van der Waals surface area (Å²) < 4.78 is 42.6. The molecule has 0 aliphatic heterocycles. The Bertz CT molecular complexity index is 735. The van der Waals surface area contributed by atoms with Crippen molar-refractivity contribution in [3.8, 4) is 5.75 Å². The van der Waals surface area contributed by atoms with Gasteiger partial charge in [-0.3, -0.25) is 0 Å². The predicted molar refractivity (Wildman–Crippen MR) is 79.5 cm³/mol. The van der Waals surface area contributed by atoms with Crippen LogP contribution in [0.25, 0.3) is 0 Å². The molecule has 2 aromatic carbocycles. The van der Waals surface area contributed by atoms with Crippen molar-refractivity contribution >= 4 is 10.1 Å². The minimum Gasteiger partial charge on any atom is -0.379 e. The third kappa shape index (κ3) is 3.61. The molecule has 0 atom stereocenters. The fourth-order valence-electron chi connectivity index (χ4n) is 1.96. The van der Waals surface area contributed by atoms with Crippen LogP contribution in [0.15, 0.2) is 47.4 Å². The molecule has 21 heavy (non-hydrogen) atoms. The largest absolute Gasteiger partial charge is 0.379 e. The summed E-state index contributed by atoms with van der Waals surface area (Å²) in [5.74, 6) is -0.0503. The fraction of sp³-hybridized carbons (Fsp3) is 0.250. The van der Waals surface area contributed by atoms with E-state index in [1.54, 1.807) is 6.07 Å². The summed E-state index contributed by atoms with van der Waals surface area (Å²) in [6, 6.07) is 10.0. The summed E-state index contributed by atoms with van der Waals surface area (Å²) in [5.41, 5.74) is 1.72. The Morgan fingerprint density at radius 2 is 1.67 bits per heavy atom. The molecule has 0 aromatic heterocycles. The Hall–Kier alpha value is -1.88. The molecule has 0 unspecified atom stereocenters. The quantitative estimate of drug-likeness (QED) is 0.801. The van der Waals surface area contributed by atoms with Gasteiger partial charge in [0, 0.05) is 0 Å². The Balaban J connectivity index is 2.41. The molecule has 0 N–H and O–H groups in total. The van der Waals surface area contributed by atoms with Crippen molar-refractivity contribution in [2.24, 2.45) is 0 Å². The van der Waals surface area contributed by atoms with Crippen LogP contribution in [0.1, 0.15) is 30.9 Å². The summed E-state index contributed by atoms with van der Waals surface area (Å²) in [6.07, 6.45) is 0. The van der Waals surface area contributed by atoms with Gasteiger partial charge in [0.2, 0.25) is 0 Å². The lowest BCUT2D eigenvalue weighted by molar-refractivity contribution is 0.481. The lowest BCUT2D eigenvalue weighted by atomic mass is 10.0. The zero-order valence-corrected chi connectivity index (χ0v) is 12.9. The number of aryl methyl sites for hydroxylation is 1. The van der Waals surface area contributed by atoms with E-state index in [9.17, 15) is 12.8 Å². The van der Waals surface area contributed by atoms with Gasteiger partial charge in [-0.1, -0.05) is 26.0 Å². The molecule has 2 aromatic rings. The lowest BCUT2D eigenvalue weighted by Crippen LogP contribution is -2.11. The number of rotatable bonds is 4. The molecular weight excluding hydrogens is 291 g/mol. The molecule has 0 amide bonds. The van der Waals surface area contributed by atoms with Gasteiger partial charge in [0.15, 0.2) is 0 Å². The molecule has 0 spiro atoms. The molecule has 0 fully saturated rings. The maximum absolute atomic E-state index is 12.9. The minimum atomic E-state index is -3.97. The molecule has 0 bridgehead atoms. The molecule has 0 aliphatic rings.